The quantitative estimate of drug-likeness (QED) is 0.450. The van der Waals surface area contributed by atoms with Crippen LogP contribution in [0.4, 0.5) is 40.3 Å². The Morgan fingerprint density at radius 2 is 1.61 bits per heavy atom. The number of carbonyl (C=O) groups is 2. The minimum atomic E-state index is -5.01. The molecule has 2 aromatic rings. The monoisotopic (exact) mass is 478 g/mol. The van der Waals surface area contributed by atoms with Crippen molar-refractivity contribution in [2.24, 2.45) is 0 Å². The van der Waals surface area contributed by atoms with E-state index in [4.69, 9.17) is 0 Å². The number of alkyl carbamates (subject to hydrolysis) is 1. The van der Waals surface area contributed by atoms with E-state index in [0.29, 0.717) is 12.1 Å². The largest absolute Gasteiger partial charge is 0.418 e. The molecule has 0 saturated carbocycles. The Morgan fingerprint density at radius 3 is 2.15 bits per heavy atom. The van der Waals surface area contributed by atoms with Gasteiger partial charge >= 0.3 is 24.5 Å². The van der Waals surface area contributed by atoms with E-state index in [-0.39, 0.29) is 48.8 Å². The van der Waals surface area contributed by atoms with Gasteiger partial charge in [-0.05, 0) is 41.3 Å². The maximum Gasteiger partial charge on any atom is 0.418 e. The average Bonchev–Trinajstić information content (AvgIpc) is 3.17. The van der Waals surface area contributed by atoms with Gasteiger partial charge in [-0.25, -0.2) is 14.0 Å². The summed E-state index contributed by atoms with van der Waals surface area (Å²) in [6.45, 7) is -0.495. The molecule has 1 heterocycles. The van der Waals surface area contributed by atoms with Crippen molar-refractivity contribution < 1.29 is 45.1 Å². The van der Waals surface area contributed by atoms with Gasteiger partial charge in [0.15, 0.2) is 0 Å². The van der Waals surface area contributed by atoms with Gasteiger partial charge in [-0.15, -0.1) is 0 Å². The Labute approximate surface area is 183 Å². The van der Waals surface area contributed by atoms with Crippen molar-refractivity contribution in [1.29, 1.82) is 0 Å². The number of halogens is 7. The fourth-order valence-corrected chi connectivity index (χ4v) is 3.30. The van der Waals surface area contributed by atoms with E-state index < -0.39 is 41.8 Å². The van der Waals surface area contributed by atoms with Crippen molar-refractivity contribution in [3.63, 3.8) is 0 Å². The maximum atomic E-state index is 13.2. The van der Waals surface area contributed by atoms with Crippen LogP contribution in [0.3, 0.4) is 0 Å². The van der Waals surface area contributed by atoms with Crippen molar-refractivity contribution in [3.8, 4) is 11.1 Å². The van der Waals surface area contributed by atoms with Gasteiger partial charge in [0, 0.05) is 13.1 Å². The highest BCUT2D eigenvalue weighted by molar-refractivity contribution is 5.83. The summed E-state index contributed by atoms with van der Waals surface area (Å²) < 4.78 is 96.8. The third-order valence-corrected chi connectivity index (χ3v) is 4.91. The number of alkyl halides is 7. The number of hydrogen-bond donors (Lipinski definition) is 1. The summed E-state index contributed by atoms with van der Waals surface area (Å²) in [5.41, 5.74) is -3.11. The van der Waals surface area contributed by atoms with Crippen LogP contribution >= 0.6 is 0 Å². The third-order valence-electron chi connectivity index (χ3n) is 4.91. The van der Waals surface area contributed by atoms with Gasteiger partial charge in [-0.1, -0.05) is 24.3 Å². The average molecular weight is 478 g/mol. The highest BCUT2D eigenvalue weighted by atomic mass is 19.4. The van der Waals surface area contributed by atoms with E-state index in [2.05, 4.69) is 10.1 Å². The molecular weight excluding hydrogens is 461 g/mol. The normalized spacial score (nSPS) is 16.6. The first-order chi connectivity index (χ1) is 15.3. The van der Waals surface area contributed by atoms with Crippen molar-refractivity contribution in [2.75, 3.05) is 13.1 Å². The second-order valence-electron chi connectivity index (χ2n) is 7.29. The second kappa shape index (κ2) is 9.28. The Kier molecular flexibility index (Phi) is 6.84. The van der Waals surface area contributed by atoms with Crippen LogP contribution in [0, 0.1) is 0 Å². The summed E-state index contributed by atoms with van der Waals surface area (Å²) in [6, 6.07) is 6.75. The molecule has 0 bridgehead atoms. The van der Waals surface area contributed by atoms with Gasteiger partial charge in [0.1, 0.15) is 6.17 Å². The number of hydrogen-bond acceptors (Lipinski definition) is 3. The molecule has 0 aromatic heterocycles. The maximum absolute atomic E-state index is 13.2. The van der Waals surface area contributed by atoms with Gasteiger partial charge in [-0.2, -0.15) is 26.3 Å². The molecule has 178 valence electrons. The number of nitrogens with one attached hydrogen (secondary N) is 1. The Hall–Kier alpha value is -3.31. The SMILES string of the molecule is O=C(NCc1ccccc1-c1cc(C(F)(F)F)cc(C(F)(F)F)c1)OC(=O)N1CCC(F)C1. The molecule has 1 atom stereocenters. The van der Waals surface area contributed by atoms with E-state index in [1.54, 1.807) is 0 Å². The van der Waals surface area contributed by atoms with Crippen LogP contribution in [0.1, 0.15) is 23.1 Å². The summed E-state index contributed by atoms with van der Waals surface area (Å²) in [6.07, 6.45) is -13.4. The summed E-state index contributed by atoms with van der Waals surface area (Å²) >= 11 is 0. The zero-order chi connectivity index (χ0) is 24.4. The van der Waals surface area contributed by atoms with Gasteiger partial charge in [-0.3, -0.25) is 0 Å². The van der Waals surface area contributed by atoms with Gasteiger partial charge in [0.2, 0.25) is 0 Å². The number of carbonyl (C=O) groups excluding carboxylic acids is 2. The van der Waals surface area contributed by atoms with E-state index in [0.717, 1.165) is 4.90 Å². The van der Waals surface area contributed by atoms with Gasteiger partial charge in [0.05, 0.1) is 17.7 Å². The first kappa shape index (κ1) is 24.3. The molecule has 1 unspecified atom stereocenters. The predicted octanol–water partition coefficient (Wildman–Crippen LogP) is 5.78. The van der Waals surface area contributed by atoms with Crippen LogP contribution in [0.25, 0.3) is 11.1 Å². The lowest BCUT2D eigenvalue weighted by molar-refractivity contribution is -0.143. The third kappa shape index (κ3) is 6.14. The molecule has 12 heteroatoms. The molecule has 3 rings (SSSR count). The Balaban J connectivity index is 1.80. The highest BCUT2D eigenvalue weighted by Gasteiger charge is 2.37. The molecule has 33 heavy (non-hydrogen) atoms. The van der Waals surface area contributed by atoms with E-state index in [9.17, 15) is 40.3 Å². The molecule has 0 radical (unpaired) electrons. The van der Waals surface area contributed by atoms with Crippen LogP contribution in [0.15, 0.2) is 42.5 Å². The fraction of sp³-hybridized carbons (Fsp3) is 0.333. The van der Waals surface area contributed by atoms with Crippen LogP contribution < -0.4 is 5.32 Å². The second-order valence-corrected chi connectivity index (χ2v) is 7.29. The Bertz CT molecular complexity index is 1000. The standard InChI is InChI=1S/C21H17F7N2O3/c22-16-5-6-30(11-16)19(32)33-18(31)29-10-12-3-1-2-4-17(12)13-7-14(20(23,24)25)9-15(8-13)21(26,27)28/h1-4,7-9,16H,5-6,10-11H2,(H,29,31). The summed E-state index contributed by atoms with van der Waals surface area (Å²) in [4.78, 5) is 24.7. The minimum Gasteiger partial charge on any atom is -0.359 e. The van der Waals surface area contributed by atoms with Crippen molar-refractivity contribution in [1.82, 2.24) is 10.2 Å². The van der Waals surface area contributed by atoms with Gasteiger partial charge in [0.25, 0.3) is 0 Å². The molecule has 1 aliphatic rings. The molecule has 5 nitrogen and oxygen atoms in total. The molecule has 0 spiro atoms. The van der Waals surface area contributed by atoms with E-state index >= 15 is 0 Å². The number of rotatable bonds is 3. The number of ether oxygens (including phenoxy) is 1. The molecule has 2 amide bonds. The topological polar surface area (TPSA) is 58.6 Å². The predicted molar refractivity (Wildman–Crippen MR) is 102 cm³/mol. The van der Waals surface area contributed by atoms with E-state index in [1.807, 2.05) is 0 Å². The molecular formula is C21H17F7N2O3. The van der Waals surface area contributed by atoms with Crippen molar-refractivity contribution >= 4 is 12.2 Å². The minimum absolute atomic E-state index is 0.0144. The smallest absolute Gasteiger partial charge is 0.359 e. The molecule has 0 aliphatic carbocycles. The zero-order valence-corrected chi connectivity index (χ0v) is 16.8. The number of likely N-dealkylation sites (tertiary alicyclic amines) is 1. The first-order valence-corrected chi connectivity index (χ1v) is 9.61. The van der Waals surface area contributed by atoms with E-state index in [1.165, 1.54) is 24.3 Å². The number of benzene rings is 2. The molecule has 2 aromatic carbocycles. The van der Waals surface area contributed by atoms with Crippen molar-refractivity contribution in [2.45, 2.75) is 31.5 Å². The van der Waals surface area contributed by atoms with Gasteiger partial charge < -0.3 is 15.0 Å². The number of nitrogens with zero attached hydrogens (tertiary/aromatic N) is 1. The zero-order valence-electron chi connectivity index (χ0n) is 16.8. The summed E-state index contributed by atoms with van der Waals surface area (Å²) in [7, 11) is 0. The summed E-state index contributed by atoms with van der Waals surface area (Å²) in [5.74, 6) is 0. The van der Waals surface area contributed by atoms with Crippen LogP contribution in [0.2, 0.25) is 0 Å². The van der Waals surface area contributed by atoms with Crippen LogP contribution in [0.5, 0.6) is 0 Å². The fourth-order valence-electron chi connectivity index (χ4n) is 3.30. The van der Waals surface area contributed by atoms with Crippen LogP contribution in [-0.2, 0) is 23.6 Å². The summed E-state index contributed by atoms with van der Waals surface area (Å²) in [5, 5.41) is 2.22. The Morgan fingerprint density at radius 1 is 1.00 bits per heavy atom. The molecule has 1 fully saturated rings. The highest BCUT2D eigenvalue weighted by Crippen LogP contribution is 2.39. The lowest BCUT2D eigenvalue weighted by Crippen LogP contribution is -2.35. The lowest BCUT2D eigenvalue weighted by Gasteiger charge is -2.17. The number of amides is 2. The molecule has 1 aliphatic heterocycles. The van der Waals surface area contributed by atoms with Crippen LogP contribution in [-0.4, -0.2) is 36.3 Å². The molecule has 1 saturated heterocycles. The lowest BCUT2D eigenvalue weighted by atomic mass is 9.95. The first-order valence-electron chi connectivity index (χ1n) is 9.61. The van der Waals surface area contributed by atoms with Crippen molar-refractivity contribution in [3.05, 3.63) is 59.2 Å². The molecule has 1 N–H and O–H groups in total.